The Balaban J connectivity index is 2.34. The number of carbonyl (C=O) groups is 1. The Bertz CT molecular complexity index is 838. The van der Waals surface area contributed by atoms with Crippen LogP contribution in [0.15, 0.2) is 48.0 Å². The van der Waals surface area contributed by atoms with E-state index in [9.17, 15) is 10.1 Å². The molecular weight excluding hydrogens is 320 g/mol. The predicted molar refractivity (Wildman–Crippen MR) is 94.8 cm³/mol. The fourth-order valence-electron chi connectivity index (χ4n) is 2.19. The van der Waals surface area contributed by atoms with E-state index in [2.05, 4.69) is 5.32 Å². The molecule has 0 bridgehead atoms. The van der Waals surface area contributed by atoms with Crippen molar-refractivity contribution in [3.63, 3.8) is 0 Å². The van der Waals surface area contributed by atoms with E-state index >= 15 is 0 Å². The minimum atomic E-state index is -0.545. The van der Waals surface area contributed by atoms with Gasteiger partial charge in [-0.1, -0.05) is 12.1 Å². The van der Waals surface area contributed by atoms with Gasteiger partial charge in [0.1, 0.15) is 28.9 Å². The summed E-state index contributed by atoms with van der Waals surface area (Å²) in [5.74, 6) is 1.08. The van der Waals surface area contributed by atoms with Crippen molar-refractivity contribution in [1.29, 1.82) is 5.26 Å². The minimum absolute atomic E-state index is 0.0718. The van der Waals surface area contributed by atoms with Crippen LogP contribution in [0.25, 0.3) is 6.08 Å². The van der Waals surface area contributed by atoms with Gasteiger partial charge in [-0.2, -0.15) is 5.26 Å². The number of nitriles is 1. The molecule has 0 heterocycles. The molecule has 1 N–H and O–H groups in total. The summed E-state index contributed by atoms with van der Waals surface area (Å²) in [5, 5.41) is 12.0. The molecule has 128 valence electrons. The zero-order valence-corrected chi connectivity index (χ0v) is 14.2. The monoisotopic (exact) mass is 338 g/mol. The molecule has 0 saturated carbocycles. The lowest BCUT2D eigenvalue weighted by molar-refractivity contribution is -0.112. The Morgan fingerprint density at radius 1 is 1.04 bits per heavy atom. The molecule has 2 aromatic rings. The van der Waals surface area contributed by atoms with Crippen LogP contribution in [0.4, 0.5) is 5.69 Å². The molecular formula is C19H18N2O4. The van der Waals surface area contributed by atoms with Gasteiger partial charge in [0.25, 0.3) is 5.91 Å². The summed E-state index contributed by atoms with van der Waals surface area (Å²) in [6.45, 7) is 0. The number of methoxy groups -OCH3 is 3. The molecule has 1 amide bonds. The molecule has 0 aliphatic carbocycles. The lowest BCUT2D eigenvalue weighted by Crippen LogP contribution is -2.14. The van der Waals surface area contributed by atoms with Crippen molar-refractivity contribution in [2.75, 3.05) is 26.6 Å². The zero-order valence-electron chi connectivity index (χ0n) is 14.2. The van der Waals surface area contributed by atoms with E-state index in [1.165, 1.54) is 27.4 Å². The molecule has 0 aliphatic heterocycles. The Kier molecular flexibility index (Phi) is 6.02. The summed E-state index contributed by atoms with van der Waals surface area (Å²) in [7, 11) is 4.56. The normalized spacial score (nSPS) is 10.6. The van der Waals surface area contributed by atoms with Crippen LogP contribution in [-0.2, 0) is 4.79 Å². The number of ether oxygens (including phenoxy) is 3. The maximum atomic E-state index is 12.4. The highest BCUT2D eigenvalue weighted by Gasteiger charge is 2.13. The third-order valence-corrected chi connectivity index (χ3v) is 3.46. The van der Waals surface area contributed by atoms with Gasteiger partial charge in [0.05, 0.1) is 27.0 Å². The highest BCUT2D eigenvalue weighted by molar-refractivity contribution is 6.10. The van der Waals surface area contributed by atoms with Gasteiger partial charge >= 0.3 is 0 Å². The van der Waals surface area contributed by atoms with Gasteiger partial charge in [0.15, 0.2) is 0 Å². The van der Waals surface area contributed by atoms with Crippen molar-refractivity contribution in [2.24, 2.45) is 0 Å². The number of benzene rings is 2. The van der Waals surface area contributed by atoms with Crippen molar-refractivity contribution in [2.45, 2.75) is 0 Å². The third kappa shape index (κ3) is 4.30. The Hall–Kier alpha value is -3.46. The SMILES string of the molecule is COc1ccc(OC)c(/C=C(\C#N)C(=O)Nc2ccccc2OC)c1. The molecule has 0 saturated heterocycles. The van der Waals surface area contributed by atoms with E-state index in [4.69, 9.17) is 14.2 Å². The molecule has 0 atom stereocenters. The highest BCUT2D eigenvalue weighted by atomic mass is 16.5. The van der Waals surface area contributed by atoms with Gasteiger partial charge in [0.2, 0.25) is 0 Å². The average Bonchev–Trinajstić information content (AvgIpc) is 2.66. The Morgan fingerprint density at radius 3 is 2.40 bits per heavy atom. The zero-order chi connectivity index (χ0) is 18.2. The fraction of sp³-hybridized carbons (Fsp3) is 0.158. The van der Waals surface area contributed by atoms with Gasteiger partial charge < -0.3 is 19.5 Å². The summed E-state index contributed by atoms with van der Waals surface area (Å²) >= 11 is 0. The second-order valence-electron chi connectivity index (χ2n) is 4.93. The number of hydrogen-bond acceptors (Lipinski definition) is 5. The van der Waals surface area contributed by atoms with E-state index in [1.54, 1.807) is 42.5 Å². The number of rotatable bonds is 6. The predicted octanol–water partition coefficient (Wildman–Crippen LogP) is 3.26. The molecule has 0 aliphatic rings. The van der Waals surface area contributed by atoms with Crippen LogP contribution in [0.2, 0.25) is 0 Å². The molecule has 0 spiro atoms. The first-order valence-electron chi connectivity index (χ1n) is 7.41. The Morgan fingerprint density at radius 2 is 1.76 bits per heavy atom. The molecule has 2 aromatic carbocycles. The van der Waals surface area contributed by atoms with Gasteiger partial charge in [-0.3, -0.25) is 4.79 Å². The summed E-state index contributed by atoms with van der Waals surface area (Å²) in [5.41, 5.74) is 0.972. The fourth-order valence-corrected chi connectivity index (χ4v) is 2.19. The van der Waals surface area contributed by atoms with Crippen molar-refractivity contribution in [3.8, 4) is 23.3 Å². The first-order chi connectivity index (χ1) is 12.1. The van der Waals surface area contributed by atoms with E-state index < -0.39 is 5.91 Å². The number of carbonyl (C=O) groups excluding carboxylic acids is 1. The molecule has 25 heavy (non-hydrogen) atoms. The van der Waals surface area contributed by atoms with Crippen LogP contribution in [-0.4, -0.2) is 27.2 Å². The van der Waals surface area contributed by atoms with Crippen molar-refractivity contribution >= 4 is 17.7 Å². The van der Waals surface area contributed by atoms with E-state index in [1.807, 2.05) is 6.07 Å². The number of amides is 1. The summed E-state index contributed by atoms with van der Waals surface area (Å²) in [4.78, 5) is 12.4. The number of anilines is 1. The lowest BCUT2D eigenvalue weighted by Gasteiger charge is -2.10. The lowest BCUT2D eigenvalue weighted by atomic mass is 10.1. The third-order valence-electron chi connectivity index (χ3n) is 3.46. The van der Waals surface area contributed by atoms with Crippen LogP contribution in [0.3, 0.4) is 0 Å². The molecule has 0 fully saturated rings. The van der Waals surface area contributed by atoms with Gasteiger partial charge in [0, 0.05) is 5.56 Å². The Labute approximate surface area is 146 Å². The van der Waals surface area contributed by atoms with Gasteiger partial charge in [-0.05, 0) is 36.4 Å². The van der Waals surface area contributed by atoms with Crippen molar-refractivity contribution < 1.29 is 19.0 Å². The highest BCUT2D eigenvalue weighted by Crippen LogP contribution is 2.27. The summed E-state index contributed by atoms with van der Waals surface area (Å²) < 4.78 is 15.6. The largest absolute Gasteiger partial charge is 0.497 e. The van der Waals surface area contributed by atoms with E-state index in [-0.39, 0.29) is 5.57 Å². The molecule has 0 radical (unpaired) electrons. The van der Waals surface area contributed by atoms with Crippen LogP contribution < -0.4 is 19.5 Å². The second kappa shape index (κ2) is 8.41. The number of hydrogen-bond donors (Lipinski definition) is 1. The van der Waals surface area contributed by atoms with E-state index in [0.717, 1.165) is 0 Å². The first kappa shape index (κ1) is 17.9. The van der Waals surface area contributed by atoms with Crippen molar-refractivity contribution in [1.82, 2.24) is 0 Å². The molecule has 6 nitrogen and oxygen atoms in total. The number of para-hydroxylation sites is 2. The quantitative estimate of drug-likeness (QED) is 0.646. The molecule has 6 heteroatoms. The first-order valence-corrected chi connectivity index (χ1v) is 7.41. The summed E-state index contributed by atoms with van der Waals surface area (Å²) in [6, 6.07) is 14.0. The van der Waals surface area contributed by atoms with Crippen LogP contribution in [0.5, 0.6) is 17.2 Å². The number of nitrogens with one attached hydrogen (secondary N) is 1. The van der Waals surface area contributed by atoms with Crippen LogP contribution in [0.1, 0.15) is 5.56 Å². The second-order valence-corrected chi connectivity index (χ2v) is 4.93. The summed E-state index contributed by atoms with van der Waals surface area (Å²) in [6.07, 6.45) is 1.45. The van der Waals surface area contributed by atoms with Gasteiger partial charge in [-0.25, -0.2) is 0 Å². The standard InChI is InChI=1S/C19H18N2O4/c1-23-15-8-9-17(24-2)13(11-15)10-14(12-20)19(22)21-16-6-4-5-7-18(16)25-3/h4-11H,1-3H3,(H,21,22)/b14-10+. The minimum Gasteiger partial charge on any atom is -0.497 e. The maximum absolute atomic E-state index is 12.4. The molecule has 0 aromatic heterocycles. The topological polar surface area (TPSA) is 80.6 Å². The van der Waals surface area contributed by atoms with Crippen LogP contribution >= 0.6 is 0 Å². The molecule has 0 unspecified atom stereocenters. The average molecular weight is 338 g/mol. The molecule has 2 rings (SSSR count). The number of nitrogens with zero attached hydrogens (tertiary/aromatic N) is 1. The van der Waals surface area contributed by atoms with Crippen LogP contribution in [0, 0.1) is 11.3 Å². The van der Waals surface area contributed by atoms with Crippen molar-refractivity contribution in [3.05, 3.63) is 53.6 Å². The van der Waals surface area contributed by atoms with E-state index in [0.29, 0.717) is 28.5 Å². The smallest absolute Gasteiger partial charge is 0.266 e. The van der Waals surface area contributed by atoms with Gasteiger partial charge in [-0.15, -0.1) is 0 Å². The maximum Gasteiger partial charge on any atom is 0.266 e.